The fraction of sp³-hybridized carbons (Fsp3) is 0.867. The van der Waals surface area contributed by atoms with Gasteiger partial charge in [0.15, 0.2) is 0 Å². The van der Waals surface area contributed by atoms with Crippen LogP contribution >= 0.6 is 0 Å². The Morgan fingerprint density at radius 2 is 1.61 bits per heavy atom. The minimum Gasteiger partial charge on any atom is -0.296 e. The van der Waals surface area contributed by atoms with Gasteiger partial charge in [0.05, 0.1) is 5.41 Å². The zero-order chi connectivity index (χ0) is 13.4. The zero-order valence-electron chi connectivity index (χ0n) is 11.9. The molecule has 3 heteroatoms. The van der Waals surface area contributed by atoms with Crippen LogP contribution in [0.4, 0.5) is 0 Å². The van der Waals surface area contributed by atoms with Crippen LogP contribution in [0.15, 0.2) is 0 Å². The third-order valence-corrected chi connectivity index (χ3v) is 4.17. The first-order valence-corrected chi connectivity index (χ1v) is 7.49. The lowest BCUT2D eigenvalue weighted by Gasteiger charge is -2.23. The van der Waals surface area contributed by atoms with Crippen molar-refractivity contribution < 1.29 is 9.59 Å². The molecule has 0 aromatic heterocycles. The summed E-state index contributed by atoms with van der Waals surface area (Å²) in [6.07, 6.45) is 10.8. The molecule has 0 bridgehead atoms. The maximum atomic E-state index is 11.8. The molecule has 0 spiro atoms. The van der Waals surface area contributed by atoms with Crippen molar-refractivity contribution in [3.05, 3.63) is 0 Å². The number of carbonyl (C=O) groups excluding carboxylic acids is 2. The Balaban J connectivity index is 2.20. The molecular weight excluding hydrogens is 226 g/mol. The molecule has 18 heavy (non-hydrogen) atoms. The molecule has 1 unspecified atom stereocenters. The van der Waals surface area contributed by atoms with Gasteiger partial charge in [-0.25, -0.2) is 0 Å². The molecule has 1 saturated heterocycles. The summed E-state index contributed by atoms with van der Waals surface area (Å²) in [5.41, 5.74) is -0.388. The van der Waals surface area contributed by atoms with Crippen LogP contribution in [0.1, 0.15) is 78.1 Å². The van der Waals surface area contributed by atoms with Gasteiger partial charge in [-0.05, 0) is 12.8 Å². The predicted molar refractivity (Wildman–Crippen MR) is 73.1 cm³/mol. The molecule has 0 aliphatic carbocycles. The van der Waals surface area contributed by atoms with Gasteiger partial charge in [-0.3, -0.25) is 14.9 Å². The summed E-state index contributed by atoms with van der Waals surface area (Å²) in [7, 11) is 0. The molecular formula is C15H27NO2. The number of unbranched alkanes of at least 4 members (excludes halogenated alkanes) is 6. The molecule has 1 aliphatic heterocycles. The van der Waals surface area contributed by atoms with Gasteiger partial charge >= 0.3 is 0 Å². The first-order valence-electron chi connectivity index (χ1n) is 7.49. The number of hydrogen-bond donors (Lipinski definition) is 1. The molecule has 1 rings (SSSR count). The highest BCUT2D eigenvalue weighted by atomic mass is 16.2. The van der Waals surface area contributed by atoms with Gasteiger partial charge in [0.2, 0.25) is 11.8 Å². The molecule has 0 saturated carbocycles. The van der Waals surface area contributed by atoms with E-state index in [0.29, 0.717) is 6.42 Å². The Labute approximate surface area is 111 Å². The highest BCUT2D eigenvalue weighted by Crippen LogP contribution is 2.36. The van der Waals surface area contributed by atoms with Crippen LogP contribution in [0, 0.1) is 5.41 Å². The second-order valence-electron chi connectivity index (χ2n) is 5.56. The Kier molecular flexibility index (Phi) is 6.37. The van der Waals surface area contributed by atoms with Crippen molar-refractivity contribution >= 4 is 11.8 Å². The molecule has 2 amide bonds. The van der Waals surface area contributed by atoms with Crippen LogP contribution < -0.4 is 5.32 Å². The number of imide groups is 1. The minimum atomic E-state index is -0.388. The molecule has 1 aliphatic rings. The molecule has 1 fully saturated rings. The predicted octanol–water partition coefficient (Wildman–Crippen LogP) is 3.57. The van der Waals surface area contributed by atoms with E-state index in [-0.39, 0.29) is 17.2 Å². The number of rotatable bonds is 9. The Morgan fingerprint density at radius 1 is 1.00 bits per heavy atom. The van der Waals surface area contributed by atoms with E-state index in [1.807, 2.05) is 6.92 Å². The third kappa shape index (κ3) is 4.11. The van der Waals surface area contributed by atoms with Crippen LogP contribution in [0.5, 0.6) is 0 Å². The van der Waals surface area contributed by atoms with Gasteiger partial charge < -0.3 is 0 Å². The van der Waals surface area contributed by atoms with Crippen molar-refractivity contribution in [1.82, 2.24) is 5.32 Å². The quantitative estimate of drug-likeness (QED) is 0.504. The average molecular weight is 253 g/mol. The fourth-order valence-corrected chi connectivity index (χ4v) is 2.78. The zero-order valence-corrected chi connectivity index (χ0v) is 11.9. The lowest BCUT2D eigenvalue weighted by molar-refractivity contribution is -0.129. The van der Waals surface area contributed by atoms with Crippen LogP contribution in [-0.2, 0) is 9.59 Å². The van der Waals surface area contributed by atoms with E-state index in [4.69, 9.17) is 0 Å². The lowest BCUT2D eigenvalue weighted by Crippen LogP contribution is -2.31. The van der Waals surface area contributed by atoms with Gasteiger partial charge in [0.25, 0.3) is 0 Å². The molecule has 104 valence electrons. The summed E-state index contributed by atoms with van der Waals surface area (Å²) in [5, 5.41) is 2.45. The Bertz CT molecular complexity index is 288. The van der Waals surface area contributed by atoms with E-state index < -0.39 is 0 Å². The SMILES string of the molecule is CCCCCCCCCC1(CC)CC(=O)NC1=O. The van der Waals surface area contributed by atoms with E-state index in [9.17, 15) is 9.59 Å². The van der Waals surface area contributed by atoms with Crippen LogP contribution in [0.2, 0.25) is 0 Å². The van der Waals surface area contributed by atoms with Gasteiger partial charge in [-0.1, -0.05) is 58.8 Å². The third-order valence-electron chi connectivity index (χ3n) is 4.17. The smallest absolute Gasteiger partial charge is 0.233 e. The molecule has 0 aromatic carbocycles. The van der Waals surface area contributed by atoms with Crippen molar-refractivity contribution in [1.29, 1.82) is 0 Å². The first kappa shape index (κ1) is 15.2. The molecule has 0 aromatic rings. The Morgan fingerprint density at radius 3 is 2.11 bits per heavy atom. The largest absolute Gasteiger partial charge is 0.296 e. The summed E-state index contributed by atoms with van der Waals surface area (Å²) in [5.74, 6) is -0.134. The van der Waals surface area contributed by atoms with Crippen LogP contribution in [0.25, 0.3) is 0 Å². The highest BCUT2D eigenvalue weighted by Gasteiger charge is 2.44. The number of amides is 2. The van der Waals surface area contributed by atoms with Crippen molar-refractivity contribution in [2.45, 2.75) is 78.1 Å². The number of nitrogens with one attached hydrogen (secondary N) is 1. The first-order chi connectivity index (χ1) is 8.64. The monoisotopic (exact) mass is 253 g/mol. The molecule has 1 heterocycles. The second-order valence-corrected chi connectivity index (χ2v) is 5.56. The fourth-order valence-electron chi connectivity index (χ4n) is 2.78. The molecule has 1 atom stereocenters. The maximum Gasteiger partial charge on any atom is 0.233 e. The van der Waals surface area contributed by atoms with E-state index in [0.717, 1.165) is 19.3 Å². The average Bonchev–Trinajstić information content (AvgIpc) is 2.63. The highest BCUT2D eigenvalue weighted by molar-refractivity contribution is 6.05. The van der Waals surface area contributed by atoms with E-state index >= 15 is 0 Å². The maximum absolute atomic E-state index is 11.8. The summed E-state index contributed by atoms with van der Waals surface area (Å²) < 4.78 is 0. The molecule has 1 N–H and O–H groups in total. The van der Waals surface area contributed by atoms with Crippen molar-refractivity contribution in [3.63, 3.8) is 0 Å². The van der Waals surface area contributed by atoms with Gasteiger partial charge in [0.1, 0.15) is 0 Å². The Hall–Kier alpha value is -0.860. The van der Waals surface area contributed by atoms with Gasteiger partial charge in [-0.2, -0.15) is 0 Å². The number of carbonyl (C=O) groups is 2. The van der Waals surface area contributed by atoms with E-state index in [1.54, 1.807) is 0 Å². The van der Waals surface area contributed by atoms with Crippen molar-refractivity contribution in [2.24, 2.45) is 5.41 Å². The van der Waals surface area contributed by atoms with E-state index in [2.05, 4.69) is 12.2 Å². The van der Waals surface area contributed by atoms with Crippen molar-refractivity contribution in [3.8, 4) is 0 Å². The summed E-state index contributed by atoms with van der Waals surface area (Å²) in [6, 6.07) is 0. The summed E-state index contributed by atoms with van der Waals surface area (Å²) in [4.78, 5) is 23.1. The van der Waals surface area contributed by atoms with Crippen LogP contribution in [0.3, 0.4) is 0 Å². The lowest BCUT2D eigenvalue weighted by atomic mass is 9.78. The summed E-state index contributed by atoms with van der Waals surface area (Å²) in [6.45, 7) is 4.24. The van der Waals surface area contributed by atoms with Crippen LogP contribution in [-0.4, -0.2) is 11.8 Å². The van der Waals surface area contributed by atoms with Gasteiger partial charge in [-0.15, -0.1) is 0 Å². The minimum absolute atomic E-state index is 0.0408. The number of hydrogen-bond acceptors (Lipinski definition) is 2. The molecule has 0 radical (unpaired) electrons. The standard InChI is InChI=1S/C15H27NO2/c1-3-5-6-7-8-9-10-11-15(4-2)12-13(17)16-14(15)18/h3-12H2,1-2H3,(H,16,17,18). The topological polar surface area (TPSA) is 46.2 Å². The second kappa shape index (κ2) is 7.55. The normalized spacial score (nSPS) is 23.4. The summed E-state index contributed by atoms with van der Waals surface area (Å²) >= 11 is 0. The van der Waals surface area contributed by atoms with E-state index in [1.165, 1.54) is 38.5 Å². The van der Waals surface area contributed by atoms with Crippen molar-refractivity contribution in [2.75, 3.05) is 0 Å². The molecule has 3 nitrogen and oxygen atoms in total. The van der Waals surface area contributed by atoms with Gasteiger partial charge in [0, 0.05) is 6.42 Å².